The molecule has 3 nitrogen and oxygen atoms in total. The molecule has 0 heterocycles. The van der Waals surface area contributed by atoms with E-state index in [0.717, 1.165) is 24.6 Å². The molecule has 0 saturated carbocycles. The van der Waals surface area contributed by atoms with E-state index in [1.165, 1.54) is 24.1 Å². The minimum Gasteiger partial charge on any atom is -0.497 e. The van der Waals surface area contributed by atoms with Crippen molar-refractivity contribution in [3.8, 4) is 11.5 Å². The van der Waals surface area contributed by atoms with Crippen molar-refractivity contribution in [1.29, 1.82) is 0 Å². The zero-order chi connectivity index (χ0) is 15.8. The number of rotatable bonds is 8. The molecule has 0 N–H and O–H groups in total. The molecule has 0 atom stereocenters. The first-order valence-electron chi connectivity index (χ1n) is 7.78. The number of ether oxygens (including phenoxy) is 2. The zero-order valence-electron chi connectivity index (χ0n) is 13.7. The maximum Gasteiger partial charge on any atom is 0.119 e. The minimum atomic E-state index is 0.892. The molecule has 0 radical (unpaired) electrons. The first-order chi connectivity index (χ1) is 10.8. The van der Waals surface area contributed by atoms with Gasteiger partial charge in [-0.05, 0) is 48.4 Å². The fourth-order valence-electron chi connectivity index (χ4n) is 2.39. The van der Waals surface area contributed by atoms with Gasteiger partial charge in [-0.3, -0.25) is 0 Å². The summed E-state index contributed by atoms with van der Waals surface area (Å²) in [4.78, 5) is 2.41. The van der Waals surface area contributed by atoms with Crippen LogP contribution in [0.2, 0.25) is 0 Å². The lowest BCUT2D eigenvalue weighted by atomic mass is 10.1. The molecule has 0 amide bonds. The fourth-order valence-corrected chi connectivity index (χ4v) is 2.39. The Hall–Kier alpha value is -2.16. The van der Waals surface area contributed by atoms with Gasteiger partial charge in [-0.1, -0.05) is 25.5 Å². The maximum atomic E-state index is 5.24. The third-order valence-corrected chi connectivity index (χ3v) is 3.75. The van der Waals surface area contributed by atoms with Crippen molar-refractivity contribution >= 4 is 5.69 Å². The Balaban J connectivity index is 2.13. The SMILES string of the molecule is CCCCN(Cc1ccc(OC)cc1)c1ccc(OC)cc1. The molecule has 118 valence electrons. The Morgan fingerprint density at radius 2 is 1.36 bits per heavy atom. The van der Waals surface area contributed by atoms with Gasteiger partial charge in [-0.15, -0.1) is 0 Å². The van der Waals surface area contributed by atoms with Crippen molar-refractivity contribution in [2.45, 2.75) is 26.3 Å². The normalized spacial score (nSPS) is 10.3. The maximum absolute atomic E-state index is 5.24. The molecule has 0 aromatic heterocycles. The Morgan fingerprint density at radius 3 is 1.86 bits per heavy atom. The van der Waals surface area contributed by atoms with Crippen molar-refractivity contribution < 1.29 is 9.47 Å². The van der Waals surface area contributed by atoms with E-state index in [4.69, 9.17) is 9.47 Å². The lowest BCUT2D eigenvalue weighted by Crippen LogP contribution is -2.23. The lowest BCUT2D eigenvalue weighted by molar-refractivity contribution is 0.414. The van der Waals surface area contributed by atoms with Crippen LogP contribution in [0.3, 0.4) is 0 Å². The average Bonchev–Trinajstić information content (AvgIpc) is 2.59. The average molecular weight is 299 g/mol. The summed E-state index contributed by atoms with van der Waals surface area (Å²) in [6.45, 7) is 4.17. The Kier molecular flexibility index (Phi) is 6.13. The molecule has 22 heavy (non-hydrogen) atoms. The van der Waals surface area contributed by atoms with Gasteiger partial charge in [0.05, 0.1) is 14.2 Å². The van der Waals surface area contributed by atoms with E-state index >= 15 is 0 Å². The fraction of sp³-hybridized carbons (Fsp3) is 0.368. The van der Waals surface area contributed by atoms with Crippen molar-refractivity contribution in [2.24, 2.45) is 0 Å². The molecule has 3 heteroatoms. The van der Waals surface area contributed by atoms with Crippen molar-refractivity contribution in [3.05, 3.63) is 54.1 Å². The lowest BCUT2D eigenvalue weighted by Gasteiger charge is -2.25. The van der Waals surface area contributed by atoms with Crippen LogP contribution in [0, 0.1) is 0 Å². The molecule has 2 aromatic rings. The second-order valence-corrected chi connectivity index (χ2v) is 5.32. The quantitative estimate of drug-likeness (QED) is 0.716. The Bertz CT molecular complexity index is 549. The number of hydrogen-bond acceptors (Lipinski definition) is 3. The van der Waals surface area contributed by atoms with Crippen molar-refractivity contribution in [3.63, 3.8) is 0 Å². The number of unbranched alkanes of at least 4 members (excludes halogenated alkanes) is 1. The molecule has 0 unspecified atom stereocenters. The van der Waals surface area contributed by atoms with Crippen LogP contribution in [0.4, 0.5) is 5.69 Å². The summed E-state index contributed by atoms with van der Waals surface area (Å²) in [5.41, 5.74) is 2.51. The van der Waals surface area contributed by atoms with Gasteiger partial charge < -0.3 is 14.4 Å². The predicted octanol–water partition coefficient (Wildman–Crippen LogP) is 4.51. The second kappa shape index (κ2) is 8.32. The van der Waals surface area contributed by atoms with Gasteiger partial charge in [0, 0.05) is 18.8 Å². The van der Waals surface area contributed by atoms with Crippen LogP contribution in [-0.2, 0) is 6.54 Å². The second-order valence-electron chi connectivity index (χ2n) is 5.32. The monoisotopic (exact) mass is 299 g/mol. The smallest absolute Gasteiger partial charge is 0.119 e. The standard InChI is InChI=1S/C19H25NO2/c1-4-5-14-20(17-8-12-19(22-3)13-9-17)15-16-6-10-18(21-2)11-7-16/h6-13H,4-5,14-15H2,1-3H3. The van der Waals surface area contributed by atoms with E-state index < -0.39 is 0 Å². The first-order valence-corrected chi connectivity index (χ1v) is 7.78. The van der Waals surface area contributed by atoms with Crippen LogP contribution in [-0.4, -0.2) is 20.8 Å². The third kappa shape index (κ3) is 4.42. The summed E-state index contributed by atoms with van der Waals surface area (Å²) in [5.74, 6) is 1.79. The number of hydrogen-bond donors (Lipinski definition) is 0. The molecule has 0 aliphatic heterocycles. The molecule has 2 rings (SSSR count). The summed E-state index contributed by atoms with van der Waals surface area (Å²) in [6.07, 6.45) is 2.37. The van der Waals surface area contributed by atoms with E-state index in [1.54, 1.807) is 14.2 Å². The van der Waals surface area contributed by atoms with Gasteiger partial charge in [-0.25, -0.2) is 0 Å². The van der Waals surface area contributed by atoms with E-state index in [-0.39, 0.29) is 0 Å². The Labute approximate surface area is 133 Å². The predicted molar refractivity (Wildman–Crippen MR) is 91.9 cm³/mol. The van der Waals surface area contributed by atoms with E-state index in [0.29, 0.717) is 0 Å². The third-order valence-electron chi connectivity index (χ3n) is 3.75. The van der Waals surface area contributed by atoms with Gasteiger partial charge in [0.1, 0.15) is 11.5 Å². The molecule has 0 saturated heterocycles. The topological polar surface area (TPSA) is 21.7 Å². The largest absolute Gasteiger partial charge is 0.497 e. The Morgan fingerprint density at radius 1 is 0.818 bits per heavy atom. The van der Waals surface area contributed by atoms with Crippen molar-refractivity contribution in [2.75, 3.05) is 25.7 Å². The number of benzene rings is 2. The van der Waals surface area contributed by atoms with Crippen molar-refractivity contribution in [1.82, 2.24) is 0 Å². The summed E-state index contributed by atoms with van der Waals surface area (Å²) in [5, 5.41) is 0. The van der Waals surface area contributed by atoms with Crippen LogP contribution in [0.5, 0.6) is 11.5 Å². The highest BCUT2D eigenvalue weighted by Gasteiger charge is 2.07. The van der Waals surface area contributed by atoms with E-state index in [2.05, 4.69) is 36.1 Å². The van der Waals surface area contributed by atoms with Crippen LogP contribution in [0.1, 0.15) is 25.3 Å². The van der Waals surface area contributed by atoms with Crippen LogP contribution >= 0.6 is 0 Å². The zero-order valence-corrected chi connectivity index (χ0v) is 13.7. The number of nitrogens with zero attached hydrogens (tertiary/aromatic N) is 1. The first kappa shape index (κ1) is 16.2. The summed E-state index contributed by atoms with van der Waals surface area (Å²) in [7, 11) is 3.39. The molecule has 2 aromatic carbocycles. The highest BCUT2D eigenvalue weighted by molar-refractivity contribution is 5.49. The minimum absolute atomic E-state index is 0.892. The summed E-state index contributed by atoms with van der Waals surface area (Å²) < 4.78 is 10.5. The van der Waals surface area contributed by atoms with Gasteiger partial charge in [0.15, 0.2) is 0 Å². The van der Waals surface area contributed by atoms with Gasteiger partial charge in [0.2, 0.25) is 0 Å². The molecule has 0 aliphatic carbocycles. The molecule has 0 fully saturated rings. The number of anilines is 1. The van der Waals surface area contributed by atoms with Crippen LogP contribution < -0.4 is 14.4 Å². The molecule has 0 bridgehead atoms. The molecule has 0 spiro atoms. The highest BCUT2D eigenvalue weighted by atomic mass is 16.5. The van der Waals surface area contributed by atoms with Crippen LogP contribution in [0.25, 0.3) is 0 Å². The summed E-state index contributed by atoms with van der Waals surface area (Å²) in [6, 6.07) is 16.6. The molecular formula is C19H25NO2. The van der Waals surface area contributed by atoms with Gasteiger partial charge >= 0.3 is 0 Å². The van der Waals surface area contributed by atoms with E-state index in [9.17, 15) is 0 Å². The molecular weight excluding hydrogens is 274 g/mol. The van der Waals surface area contributed by atoms with Gasteiger partial charge in [-0.2, -0.15) is 0 Å². The van der Waals surface area contributed by atoms with Gasteiger partial charge in [0.25, 0.3) is 0 Å². The van der Waals surface area contributed by atoms with E-state index in [1.807, 2.05) is 24.3 Å². The number of methoxy groups -OCH3 is 2. The highest BCUT2D eigenvalue weighted by Crippen LogP contribution is 2.22. The molecule has 0 aliphatic rings. The summed E-state index contributed by atoms with van der Waals surface area (Å²) >= 11 is 0. The van der Waals surface area contributed by atoms with Crippen LogP contribution in [0.15, 0.2) is 48.5 Å².